The molecule has 1 fully saturated rings. The van der Waals surface area contributed by atoms with Gasteiger partial charge >= 0.3 is 5.97 Å². The van der Waals surface area contributed by atoms with Gasteiger partial charge in [-0.2, -0.15) is 0 Å². The molecule has 0 spiro atoms. The van der Waals surface area contributed by atoms with Crippen LogP contribution in [0.2, 0.25) is 0 Å². The van der Waals surface area contributed by atoms with Gasteiger partial charge < -0.3 is 9.84 Å². The number of hydrogen-bond acceptors (Lipinski definition) is 3. The lowest BCUT2D eigenvalue weighted by molar-refractivity contribution is 0.0696. The number of carbonyl (C=O) groups is 1. The van der Waals surface area contributed by atoms with Gasteiger partial charge in [-0.15, -0.1) is 0 Å². The quantitative estimate of drug-likeness (QED) is 0.919. The predicted molar refractivity (Wildman–Crippen MR) is 88.8 cm³/mol. The summed E-state index contributed by atoms with van der Waals surface area (Å²) in [6.45, 7) is 2.86. The molecule has 23 heavy (non-hydrogen) atoms. The van der Waals surface area contributed by atoms with Crippen molar-refractivity contribution in [3.8, 4) is 5.75 Å². The minimum Gasteiger partial charge on any atom is -0.490 e. The summed E-state index contributed by atoms with van der Waals surface area (Å²) in [6, 6.07) is 17.1. The Morgan fingerprint density at radius 3 is 2.30 bits per heavy atom. The predicted octanol–water partition coefficient (Wildman–Crippen LogP) is 3.43. The summed E-state index contributed by atoms with van der Waals surface area (Å²) in [5.74, 6) is 0.0608. The summed E-state index contributed by atoms with van der Waals surface area (Å²) in [6.07, 6.45) is 2.31. The van der Waals surface area contributed by atoms with Gasteiger partial charge in [0.1, 0.15) is 11.9 Å². The van der Waals surface area contributed by atoms with Crippen LogP contribution in [0.4, 0.5) is 0 Å². The Kier molecular flexibility index (Phi) is 4.93. The summed E-state index contributed by atoms with van der Waals surface area (Å²) in [5, 5.41) is 8.92. The Morgan fingerprint density at radius 1 is 1.04 bits per heavy atom. The van der Waals surface area contributed by atoms with E-state index in [2.05, 4.69) is 4.90 Å². The molecule has 4 nitrogen and oxygen atoms in total. The van der Waals surface area contributed by atoms with Gasteiger partial charge in [0.25, 0.3) is 0 Å². The van der Waals surface area contributed by atoms with Crippen LogP contribution in [-0.4, -0.2) is 35.2 Å². The van der Waals surface area contributed by atoms with Crippen molar-refractivity contribution in [2.24, 2.45) is 0 Å². The standard InChI is InChI=1S/C19H21NO3/c21-19(22)16-8-6-15(7-9-16)14-20-12-10-18(11-13-20)23-17-4-2-1-3-5-17/h1-9,18H,10-14H2,(H,21,22). The Morgan fingerprint density at radius 2 is 1.70 bits per heavy atom. The fourth-order valence-corrected chi connectivity index (χ4v) is 2.89. The number of ether oxygens (including phenoxy) is 1. The zero-order chi connectivity index (χ0) is 16.1. The first kappa shape index (κ1) is 15.6. The molecule has 1 aliphatic rings. The van der Waals surface area contributed by atoms with Crippen LogP contribution in [0, 0.1) is 0 Å². The van der Waals surface area contributed by atoms with Crippen molar-refractivity contribution in [3.05, 3.63) is 65.7 Å². The highest BCUT2D eigenvalue weighted by Gasteiger charge is 2.20. The second kappa shape index (κ2) is 7.29. The van der Waals surface area contributed by atoms with E-state index < -0.39 is 5.97 Å². The number of para-hydroxylation sites is 1. The molecule has 0 unspecified atom stereocenters. The molecule has 2 aromatic rings. The molecule has 0 saturated carbocycles. The number of carboxylic acids is 1. The molecule has 1 heterocycles. The van der Waals surface area contributed by atoms with Crippen molar-refractivity contribution >= 4 is 5.97 Å². The highest BCUT2D eigenvalue weighted by atomic mass is 16.5. The summed E-state index contributed by atoms with van der Waals surface area (Å²) >= 11 is 0. The molecule has 1 N–H and O–H groups in total. The number of rotatable bonds is 5. The molecular formula is C19H21NO3. The van der Waals surface area contributed by atoms with E-state index >= 15 is 0 Å². The van der Waals surface area contributed by atoms with Gasteiger partial charge in [-0.3, -0.25) is 4.90 Å². The number of benzene rings is 2. The maximum Gasteiger partial charge on any atom is 0.335 e. The lowest BCUT2D eigenvalue weighted by Crippen LogP contribution is -2.37. The monoisotopic (exact) mass is 311 g/mol. The average Bonchev–Trinajstić information content (AvgIpc) is 2.58. The third kappa shape index (κ3) is 4.33. The Hall–Kier alpha value is -2.33. The molecule has 0 amide bonds. The van der Waals surface area contributed by atoms with Crippen molar-refractivity contribution in [2.45, 2.75) is 25.5 Å². The molecular weight excluding hydrogens is 290 g/mol. The molecule has 4 heteroatoms. The molecule has 0 bridgehead atoms. The molecule has 120 valence electrons. The third-order valence-electron chi connectivity index (χ3n) is 4.19. The van der Waals surface area contributed by atoms with Crippen LogP contribution in [0.3, 0.4) is 0 Å². The molecule has 2 aromatic carbocycles. The van der Waals surface area contributed by atoms with Crippen molar-refractivity contribution in [1.82, 2.24) is 4.90 Å². The normalized spacial score (nSPS) is 16.2. The van der Waals surface area contributed by atoms with E-state index in [1.165, 1.54) is 0 Å². The van der Waals surface area contributed by atoms with Crippen molar-refractivity contribution in [1.29, 1.82) is 0 Å². The molecule has 1 saturated heterocycles. The lowest BCUT2D eigenvalue weighted by atomic mass is 10.1. The lowest BCUT2D eigenvalue weighted by Gasteiger charge is -2.32. The van der Waals surface area contributed by atoms with Crippen molar-refractivity contribution in [2.75, 3.05) is 13.1 Å². The van der Waals surface area contributed by atoms with Crippen LogP contribution >= 0.6 is 0 Å². The number of aromatic carboxylic acids is 1. The Bertz CT molecular complexity index is 631. The zero-order valence-electron chi connectivity index (χ0n) is 13.0. The van der Waals surface area contributed by atoms with Crippen LogP contribution in [0.15, 0.2) is 54.6 Å². The fourth-order valence-electron chi connectivity index (χ4n) is 2.89. The van der Waals surface area contributed by atoms with Crippen LogP contribution in [-0.2, 0) is 6.54 Å². The SMILES string of the molecule is O=C(O)c1ccc(CN2CCC(Oc3ccccc3)CC2)cc1. The molecule has 1 aliphatic heterocycles. The summed E-state index contributed by atoms with van der Waals surface area (Å²) in [5.41, 5.74) is 1.49. The van der Waals surface area contributed by atoms with Crippen LogP contribution < -0.4 is 4.74 Å². The Balaban J connectivity index is 1.48. The number of likely N-dealkylation sites (tertiary alicyclic amines) is 1. The summed E-state index contributed by atoms with van der Waals surface area (Å²) in [4.78, 5) is 13.3. The Labute approximate surface area is 136 Å². The van der Waals surface area contributed by atoms with Crippen molar-refractivity contribution in [3.63, 3.8) is 0 Å². The number of hydrogen-bond donors (Lipinski definition) is 1. The minimum atomic E-state index is -0.879. The molecule has 3 rings (SSSR count). The number of carboxylic acid groups (broad SMARTS) is 1. The first-order valence-electron chi connectivity index (χ1n) is 7.97. The topological polar surface area (TPSA) is 49.8 Å². The number of nitrogens with zero attached hydrogens (tertiary/aromatic N) is 1. The zero-order valence-corrected chi connectivity index (χ0v) is 13.0. The van der Waals surface area contributed by atoms with E-state index in [9.17, 15) is 4.79 Å². The van der Waals surface area contributed by atoms with Gasteiger partial charge in [0.05, 0.1) is 5.56 Å². The van der Waals surface area contributed by atoms with Crippen LogP contribution in [0.1, 0.15) is 28.8 Å². The second-order valence-corrected chi connectivity index (χ2v) is 5.91. The highest BCUT2D eigenvalue weighted by molar-refractivity contribution is 5.87. The molecule has 0 radical (unpaired) electrons. The molecule has 0 atom stereocenters. The van der Waals surface area contributed by atoms with Gasteiger partial charge in [-0.05, 0) is 42.7 Å². The maximum atomic E-state index is 10.9. The highest BCUT2D eigenvalue weighted by Crippen LogP contribution is 2.20. The van der Waals surface area contributed by atoms with Crippen molar-refractivity contribution < 1.29 is 14.6 Å². The number of piperidine rings is 1. The van der Waals surface area contributed by atoms with Gasteiger partial charge in [0.2, 0.25) is 0 Å². The summed E-state index contributed by atoms with van der Waals surface area (Å²) < 4.78 is 6.00. The smallest absolute Gasteiger partial charge is 0.335 e. The van der Waals surface area contributed by atoms with Gasteiger partial charge in [-0.25, -0.2) is 4.79 Å². The fraction of sp³-hybridized carbons (Fsp3) is 0.316. The van der Waals surface area contributed by atoms with E-state index in [4.69, 9.17) is 9.84 Å². The third-order valence-corrected chi connectivity index (χ3v) is 4.19. The van der Waals surface area contributed by atoms with Gasteiger partial charge in [0, 0.05) is 19.6 Å². The summed E-state index contributed by atoms with van der Waals surface area (Å²) in [7, 11) is 0. The van der Waals surface area contributed by atoms with E-state index in [1.54, 1.807) is 12.1 Å². The van der Waals surface area contributed by atoms with Gasteiger partial charge in [0.15, 0.2) is 0 Å². The van der Waals surface area contributed by atoms with E-state index in [-0.39, 0.29) is 6.10 Å². The molecule has 0 aliphatic carbocycles. The van der Waals surface area contributed by atoms with E-state index in [0.29, 0.717) is 5.56 Å². The first-order valence-corrected chi connectivity index (χ1v) is 7.97. The molecule has 0 aromatic heterocycles. The van der Waals surface area contributed by atoms with Crippen LogP contribution in [0.25, 0.3) is 0 Å². The minimum absolute atomic E-state index is 0.281. The van der Waals surface area contributed by atoms with Gasteiger partial charge in [-0.1, -0.05) is 30.3 Å². The van der Waals surface area contributed by atoms with Crippen LogP contribution in [0.5, 0.6) is 5.75 Å². The maximum absolute atomic E-state index is 10.9. The average molecular weight is 311 g/mol. The largest absolute Gasteiger partial charge is 0.490 e. The van der Waals surface area contributed by atoms with E-state index in [0.717, 1.165) is 43.8 Å². The second-order valence-electron chi connectivity index (χ2n) is 5.91. The van der Waals surface area contributed by atoms with E-state index in [1.807, 2.05) is 42.5 Å². The first-order chi connectivity index (χ1) is 11.2.